The fraction of sp³-hybridized carbons (Fsp3) is 0.300. The molecule has 15 heavy (non-hydrogen) atoms. The van der Waals surface area contributed by atoms with Crippen molar-refractivity contribution in [3.8, 4) is 0 Å². The van der Waals surface area contributed by atoms with E-state index in [-0.39, 0.29) is 11.8 Å². The fourth-order valence-corrected chi connectivity index (χ4v) is 1.74. The van der Waals surface area contributed by atoms with Crippen molar-refractivity contribution in [1.29, 1.82) is 0 Å². The van der Waals surface area contributed by atoms with Crippen LogP contribution in [-0.2, 0) is 4.79 Å². The average Bonchev–Trinajstić information content (AvgIpc) is 2.65. The fourth-order valence-electron chi connectivity index (χ4n) is 1.50. The molecule has 2 rings (SSSR count). The number of pyridine rings is 1. The van der Waals surface area contributed by atoms with E-state index in [1.165, 1.54) is 4.90 Å². The molecule has 1 aliphatic heterocycles. The van der Waals surface area contributed by atoms with Crippen LogP contribution in [0.15, 0.2) is 22.8 Å². The van der Waals surface area contributed by atoms with Gasteiger partial charge in [0.1, 0.15) is 5.69 Å². The molecule has 1 aromatic heterocycles. The van der Waals surface area contributed by atoms with Gasteiger partial charge in [-0.1, -0.05) is 0 Å². The minimum atomic E-state index is -0.301. The Labute approximate surface area is 95.4 Å². The van der Waals surface area contributed by atoms with Gasteiger partial charge in [-0.3, -0.25) is 14.5 Å². The van der Waals surface area contributed by atoms with E-state index in [0.717, 1.165) is 10.9 Å². The van der Waals surface area contributed by atoms with Crippen molar-refractivity contribution in [2.45, 2.75) is 12.8 Å². The Morgan fingerprint density at radius 3 is 2.80 bits per heavy atom. The summed E-state index contributed by atoms with van der Waals surface area (Å²) in [5.74, 6) is -0.408. The van der Waals surface area contributed by atoms with Crippen LogP contribution in [0.4, 0.5) is 0 Å². The summed E-state index contributed by atoms with van der Waals surface area (Å²) >= 11 is 3.24. The molecule has 1 aromatic rings. The molecule has 0 saturated carbocycles. The lowest BCUT2D eigenvalue weighted by Crippen LogP contribution is -2.32. The van der Waals surface area contributed by atoms with Gasteiger partial charge in [0.05, 0.1) is 0 Å². The van der Waals surface area contributed by atoms with Gasteiger partial charge in [0, 0.05) is 23.6 Å². The van der Waals surface area contributed by atoms with Crippen molar-refractivity contribution in [3.05, 3.63) is 28.5 Å². The lowest BCUT2D eigenvalue weighted by molar-refractivity contribution is -0.125. The molecule has 0 radical (unpaired) electrons. The second-order valence-electron chi connectivity index (χ2n) is 3.32. The molecule has 4 nitrogen and oxygen atoms in total. The van der Waals surface area contributed by atoms with Gasteiger partial charge in [-0.05, 0) is 34.5 Å². The first-order valence-electron chi connectivity index (χ1n) is 4.65. The summed E-state index contributed by atoms with van der Waals surface area (Å²) in [4.78, 5) is 28.3. The van der Waals surface area contributed by atoms with Gasteiger partial charge in [-0.15, -0.1) is 0 Å². The molecule has 0 aliphatic carbocycles. The Kier molecular flexibility index (Phi) is 2.81. The number of likely N-dealkylation sites (tertiary alicyclic amines) is 1. The molecular formula is C10H9BrN2O2. The number of amides is 2. The molecule has 5 heteroatoms. The van der Waals surface area contributed by atoms with Crippen LogP contribution in [0.2, 0.25) is 0 Å². The lowest BCUT2D eigenvalue weighted by Gasteiger charge is -2.12. The summed E-state index contributed by atoms with van der Waals surface area (Å²) in [7, 11) is 0. The lowest BCUT2D eigenvalue weighted by atomic mass is 10.3. The number of halogens is 1. The molecule has 0 spiro atoms. The molecule has 0 N–H and O–H groups in total. The third-order valence-corrected chi connectivity index (χ3v) is 2.73. The van der Waals surface area contributed by atoms with Gasteiger partial charge >= 0.3 is 0 Å². The second kappa shape index (κ2) is 4.10. The van der Waals surface area contributed by atoms with Gasteiger partial charge in [0.2, 0.25) is 5.91 Å². The molecule has 2 amide bonds. The quantitative estimate of drug-likeness (QED) is 0.728. The molecule has 1 saturated heterocycles. The predicted molar refractivity (Wildman–Crippen MR) is 57.2 cm³/mol. The zero-order valence-corrected chi connectivity index (χ0v) is 9.53. The Bertz CT molecular complexity index is 402. The van der Waals surface area contributed by atoms with Crippen molar-refractivity contribution in [2.75, 3.05) is 6.54 Å². The summed E-state index contributed by atoms with van der Waals surface area (Å²) in [6, 6.07) is 3.35. The summed E-state index contributed by atoms with van der Waals surface area (Å²) in [5, 5.41) is 0. The number of hydrogen-bond donors (Lipinski definition) is 0. The Morgan fingerprint density at radius 1 is 1.47 bits per heavy atom. The van der Waals surface area contributed by atoms with E-state index in [0.29, 0.717) is 18.7 Å². The van der Waals surface area contributed by atoms with Crippen LogP contribution in [0.1, 0.15) is 23.3 Å². The normalized spacial score (nSPS) is 15.8. The first-order valence-corrected chi connectivity index (χ1v) is 5.44. The second-order valence-corrected chi connectivity index (χ2v) is 4.23. The van der Waals surface area contributed by atoms with Crippen molar-refractivity contribution >= 4 is 27.7 Å². The molecule has 0 aromatic carbocycles. The van der Waals surface area contributed by atoms with Crippen LogP contribution in [0.25, 0.3) is 0 Å². The van der Waals surface area contributed by atoms with Gasteiger partial charge < -0.3 is 0 Å². The zero-order valence-electron chi connectivity index (χ0n) is 7.94. The highest BCUT2D eigenvalue weighted by Crippen LogP contribution is 2.14. The average molecular weight is 269 g/mol. The highest BCUT2D eigenvalue weighted by Gasteiger charge is 2.27. The number of aromatic nitrogens is 1. The van der Waals surface area contributed by atoms with Gasteiger partial charge in [0.25, 0.3) is 5.91 Å². The van der Waals surface area contributed by atoms with Crippen LogP contribution in [0.3, 0.4) is 0 Å². The summed E-state index contributed by atoms with van der Waals surface area (Å²) in [6.07, 6.45) is 2.76. The van der Waals surface area contributed by atoms with Crippen molar-refractivity contribution in [2.24, 2.45) is 0 Å². The number of imide groups is 1. The number of carbonyl (C=O) groups is 2. The van der Waals surface area contributed by atoms with E-state index in [9.17, 15) is 9.59 Å². The molecule has 0 atom stereocenters. The summed E-state index contributed by atoms with van der Waals surface area (Å²) in [5.41, 5.74) is 0.313. The minimum absolute atomic E-state index is 0.107. The van der Waals surface area contributed by atoms with E-state index in [2.05, 4.69) is 20.9 Å². The van der Waals surface area contributed by atoms with Gasteiger partial charge in [-0.2, -0.15) is 0 Å². The first-order chi connectivity index (χ1) is 7.18. The molecular weight excluding hydrogens is 260 g/mol. The molecule has 0 unspecified atom stereocenters. The third kappa shape index (κ3) is 2.07. The molecule has 78 valence electrons. The van der Waals surface area contributed by atoms with E-state index < -0.39 is 0 Å². The minimum Gasteiger partial charge on any atom is -0.277 e. The van der Waals surface area contributed by atoms with Crippen LogP contribution in [0.5, 0.6) is 0 Å². The molecule has 1 aliphatic rings. The molecule has 0 bridgehead atoms. The Morgan fingerprint density at radius 2 is 2.27 bits per heavy atom. The van der Waals surface area contributed by atoms with Crippen molar-refractivity contribution < 1.29 is 9.59 Å². The Hall–Kier alpha value is -1.23. The van der Waals surface area contributed by atoms with Gasteiger partial charge in [0.15, 0.2) is 0 Å². The standard InChI is InChI=1S/C10H9BrN2O2/c11-7-3-4-8(12-6-7)10(15)13-5-1-2-9(13)14/h3-4,6H,1-2,5H2. The maximum atomic E-state index is 11.8. The number of carbonyl (C=O) groups excluding carboxylic acids is 2. The largest absolute Gasteiger partial charge is 0.279 e. The maximum absolute atomic E-state index is 11.8. The molecule has 2 heterocycles. The highest BCUT2D eigenvalue weighted by atomic mass is 79.9. The summed E-state index contributed by atoms with van der Waals surface area (Å²) in [6.45, 7) is 0.509. The SMILES string of the molecule is O=C1CCCN1C(=O)c1ccc(Br)cn1. The highest BCUT2D eigenvalue weighted by molar-refractivity contribution is 9.10. The van der Waals surface area contributed by atoms with E-state index >= 15 is 0 Å². The first kappa shape index (κ1) is 10.3. The van der Waals surface area contributed by atoms with Crippen molar-refractivity contribution in [1.82, 2.24) is 9.88 Å². The van der Waals surface area contributed by atoms with Crippen LogP contribution in [0, 0.1) is 0 Å². The van der Waals surface area contributed by atoms with Gasteiger partial charge in [-0.25, -0.2) is 4.98 Å². The number of nitrogens with zero attached hydrogens (tertiary/aromatic N) is 2. The monoisotopic (exact) mass is 268 g/mol. The Balaban J connectivity index is 2.20. The number of rotatable bonds is 1. The van der Waals surface area contributed by atoms with Crippen LogP contribution >= 0.6 is 15.9 Å². The zero-order chi connectivity index (χ0) is 10.8. The number of hydrogen-bond acceptors (Lipinski definition) is 3. The maximum Gasteiger partial charge on any atom is 0.279 e. The third-order valence-electron chi connectivity index (χ3n) is 2.27. The van der Waals surface area contributed by atoms with Crippen LogP contribution in [-0.4, -0.2) is 28.2 Å². The van der Waals surface area contributed by atoms with Crippen molar-refractivity contribution in [3.63, 3.8) is 0 Å². The molecule has 1 fully saturated rings. The smallest absolute Gasteiger partial charge is 0.277 e. The summed E-state index contributed by atoms with van der Waals surface area (Å²) < 4.78 is 0.812. The van der Waals surface area contributed by atoms with E-state index in [1.54, 1.807) is 18.3 Å². The predicted octanol–water partition coefficient (Wildman–Crippen LogP) is 1.61. The van der Waals surface area contributed by atoms with Crippen LogP contribution < -0.4 is 0 Å². The van der Waals surface area contributed by atoms with E-state index in [4.69, 9.17) is 0 Å². The topological polar surface area (TPSA) is 50.3 Å². The van der Waals surface area contributed by atoms with E-state index in [1.807, 2.05) is 0 Å².